The standard InChI is InChI=1S/C9H17N3O/c1-2-12-8(10)11-6-9(12)4-3-5-13-7-9/h2-7H2,1H3,(H2,10,11). The molecule has 0 aromatic carbocycles. The van der Waals surface area contributed by atoms with Crippen molar-refractivity contribution in [3.63, 3.8) is 0 Å². The van der Waals surface area contributed by atoms with Crippen LogP contribution in [-0.4, -0.2) is 42.7 Å². The minimum Gasteiger partial charge on any atom is -0.379 e. The van der Waals surface area contributed by atoms with Crippen molar-refractivity contribution >= 4 is 5.96 Å². The van der Waals surface area contributed by atoms with E-state index in [2.05, 4.69) is 16.8 Å². The number of rotatable bonds is 1. The van der Waals surface area contributed by atoms with E-state index < -0.39 is 0 Å². The molecule has 0 aromatic rings. The van der Waals surface area contributed by atoms with Gasteiger partial charge in [-0.3, -0.25) is 4.99 Å². The molecule has 2 aliphatic heterocycles. The summed E-state index contributed by atoms with van der Waals surface area (Å²) in [5, 5.41) is 0. The second-order valence-electron chi connectivity index (χ2n) is 3.80. The molecular weight excluding hydrogens is 166 g/mol. The van der Waals surface area contributed by atoms with Gasteiger partial charge in [0.2, 0.25) is 0 Å². The molecule has 0 radical (unpaired) electrons. The van der Waals surface area contributed by atoms with Crippen LogP contribution in [0.25, 0.3) is 0 Å². The molecule has 2 N–H and O–H groups in total. The van der Waals surface area contributed by atoms with Crippen molar-refractivity contribution in [3.8, 4) is 0 Å². The van der Waals surface area contributed by atoms with Crippen LogP contribution in [0.4, 0.5) is 0 Å². The highest BCUT2D eigenvalue weighted by Gasteiger charge is 2.42. The lowest BCUT2D eigenvalue weighted by Gasteiger charge is -2.41. The molecule has 2 heterocycles. The molecule has 2 rings (SSSR count). The van der Waals surface area contributed by atoms with E-state index in [1.54, 1.807) is 0 Å². The number of aliphatic imine (C=N–C) groups is 1. The highest BCUT2D eigenvalue weighted by atomic mass is 16.5. The zero-order valence-electron chi connectivity index (χ0n) is 8.12. The van der Waals surface area contributed by atoms with E-state index in [4.69, 9.17) is 10.5 Å². The molecule has 1 spiro atoms. The normalized spacial score (nSPS) is 33.9. The van der Waals surface area contributed by atoms with Crippen LogP contribution < -0.4 is 5.73 Å². The number of guanidine groups is 1. The Morgan fingerprint density at radius 2 is 2.54 bits per heavy atom. The first-order valence-corrected chi connectivity index (χ1v) is 4.94. The Kier molecular flexibility index (Phi) is 2.15. The van der Waals surface area contributed by atoms with Crippen LogP contribution in [0.15, 0.2) is 4.99 Å². The summed E-state index contributed by atoms with van der Waals surface area (Å²) in [5.74, 6) is 0.688. The lowest BCUT2D eigenvalue weighted by atomic mass is 9.91. The van der Waals surface area contributed by atoms with Gasteiger partial charge in [0.25, 0.3) is 0 Å². The molecule has 0 aliphatic carbocycles. The van der Waals surface area contributed by atoms with Gasteiger partial charge in [0, 0.05) is 13.2 Å². The number of likely N-dealkylation sites (N-methyl/N-ethyl adjacent to an activating group) is 1. The first kappa shape index (κ1) is 8.81. The molecule has 1 saturated heterocycles. The fourth-order valence-corrected chi connectivity index (χ4v) is 2.31. The Morgan fingerprint density at radius 1 is 1.69 bits per heavy atom. The van der Waals surface area contributed by atoms with Crippen molar-refractivity contribution < 1.29 is 4.74 Å². The van der Waals surface area contributed by atoms with Crippen molar-refractivity contribution in [1.29, 1.82) is 0 Å². The summed E-state index contributed by atoms with van der Waals surface area (Å²) in [6.07, 6.45) is 2.28. The molecule has 0 bridgehead atoms. The lowest BCUT2D eigenvalue weighted by molar-refractivity contribution is -0.00777. The largest absolute Gasteiger partial charge is 0.379 e. The molecule has 13 heavy (non-hydrogen) atoms. The average Bonchev–Trinajstić information content (AvgIpc) is 2.45. The maximum Gasteiger partial charge on any atom is 0.191 e. The fraction of sp³-hybridized carbons (Fsp3) is 0.889. The van der Waals surface area contributed by atoms with E-state index in [9.17, 15) is 0 Å². The van der Waals surface area contributed by atoms with Crippen molar-refractivity contribution in [1.82, 2.24) is 4.90 Å². The summed E-state index contributed by atoms with van der Waals surface area (Å²) < 4.78 is 5.52. The van der Waals surface area contributed by atoms with E-state index in [1.807, 2.05) is 0 Å². The van der Waals surface area contributed by atoms with E-state index >= 15 is 0 Å². The quantitative estimate of drug-likeness (QED) is 0.631. The summed E-state index contributed by atoms with van der Waals surface area (Å²) in [6, 6.07) is 0. The van der Waals surface area contributed by atoms with E-state index in [0.717, 1.165) is 39.1 Å². The average molecular weight is 183 g/mol. The molecule has 0 aromatic heterocycles. The maximum absolute atomic E-state index is 5.82. The van der Waals surface area contributed by atoms with Gasteiger partial charge in [0.1, 0.15) is 0 Å². The molecule has 4 heteroatoms. The van der Waals surface area contributed by atoms with Crippen LogP contribution in [0, 0.1) is 0 Å². The van der Waals surface area contributed by atoms with E-state index in [0.29, 0.717) is 5.96 Å². The first-order chi connectivity index (χ1) is 6.28. The molecule has 0 saturated carbocycles. The maximum atomic E-state index is 5.82. The van der Waals surface area contributed by atoms with Gasteiger partial charge in [0.15, 0.2) is 5.96 Å². The van der Waals surface area contributed by atoms with Crippen LogP contribution in [0.5, 0.6) is 0 Å². The van der Waals surface area contributed by atoms with E-state index in [-0.39, 0.29) is 5.54 Å². The molecular formula is C9H17N3O. The van der Waals surface area contributed by atoms with Gasteiger partial charge in [-0.05, 0) is 19.8 Å². The zero-order chi connectivity index (χ0) is 9.31. The molecule has 74 valence electrons. The fourth-order valence-electron chi connectivity index (χ4n) is 2.31. The lowest BCUT2D eigenvalue weighted by Crippen LogP contribution is -2.56. The number of nitrogens with zero attached hydrogens (tertiary/aromatic N) is 2. The summed E-state index contributed by atoms with van der Waals surface area (Å²) in [5.41, 5.74) is 5.91. The van der Waals surface area contributed by atoms with Crippen molar-refractivity contribution in [2.75, 3.05) is 26.3 Å². The van der Waals surface area contributed by atoms with Crippen molar-refractivity contribution in [3.05, 3.63) is 0 Å². The highest BCUT2D eigenvalue weighted by molar-refractivity contribution is 5.81. The molecule has 2 aliphatic rings. The molecule has 1 atom stereocenters. The van der Waals surface area contributed by atoms with Crippen LogP contribution in [0.1, 0.15) is 19.8 Å². The zero-order valence-corrected chi connectivity index (χ0v) is 8.12. The van der Waals surface area contributed by atoms with Gasteiger partial charge in [-0.2, -0.15) is 0 Å². The summed E-state index contributed by atoms with van der Waals surface area (Å²) in [6.45, 7) is 5.53. The third kappa shape index (κ3) is 1.29. The SMILES string of the molecule is CCN1C(N)=NCC12CCCOC2. The van der Waals surface area contributed by atoms with Crippen molar-refractivity contribution in [2.24, 2.45) is 10.7 Å². The third-order valence-electron chi connectivity index (χ3n) is 3.00. The van der Waals surface area contributed by atoms with Crippen molar-refractivity contribution in [2.45, 2.75) is 25.3 Å². The molecule has 0 amide bonds. The van der Waals surface area contributed by atoms with Gasteiger partial charge in [0.05, 0.1) is 18.7 Å². The predicted octanol–water partition coefficient (Wildman–Crippen LogP) is 0.186. The van der Waals surface area contributed by atoms with E-state index in [1.165, 1.54) is 0 Å². The number of ether oxygens (including phenoxy) is 1. The van der Waals surface area contributed by atoms with Crippen LogP contribution in [-0.2, 0) is 4.74 Å². The Balaban J connectivity index is 2.14. The summed E-state index contributed by atoms with van der Waals surface area (Å²) >= 11 is 0. The topological polar surface area (TPSA) is 50.8 Å². The first-order valence-electron chi connectivity index (χ1n) is 4.94. The smallest absolute Gasteiger partial charge is 0.191 e. The van der Waals surface area contributed by atoms with Crippen LogP contribution in [0.2, 0.25) is 0 Å². The Morgan fingerprint density at radius 3 is 3.15 bits per heavy atom. The number of hydrogen-bond acceptors (Lipinski definition) is 4. The predicted molar refractivity (Wildman–Crippen MR) is 51.7 cm³/mol. The molecule has 1 unspecified atom stereocenters. The highest BCUT2D eigenvalue weighted by Crippen LogP contribution is 2.29. The van der Waals surface area contributed by atoms with Gasteiger partial charge >= 0.3 is 0 Å². The van der Waals surface area contributed by atoms with Gasteiger partial charge < -0.3 is 15.4 Å². The number of hydrogen-bond donors (Lipinski definition) is 1. The van der Waals surface area contributed by atoms with Gasteiger partial charge in [-0.15, -0.1) is 0 Å². The minimum absolute atomic E-state index is 0.0943. The van der Waals surface area contributed by atoms with Crippen LogP contribution >= 0.6 is 0 Å². The molecule has 1 fully saturated rings. The third-order valence-corrected chi connectivity index (χ3v) is 3.00. The van der Waals surface area contributed by atoms with Crippen LogP contribution in [0.3, 0.4) is 0 Å². The minimum atomic E-state index is 0.0943. The monoisotopic (exact) mass is 183 g/mol. The Hall–Kier alpha value is -0.770. The van der Waals surface area contributed by atoms with Gasteiger partial charge in [-0.25, -0.2) is 0 Å². The second-order valence-corrected chi connectivity index (χ2v) is 3.80. The van der Waals surface area contributed by atoms with Gasteiger partial charge in [-0.1, -0.05) is 0 Å². The molecule has 4 nitrogen and oxygen atoms in total. The summed E-state index contributed by atoms with van der Waals surface area (Å²) in [7, 11) is 0. The Labute approximate surface area is 78.8 Å². The Bertz CT molecular complexity index is 221. The summed E-state index contributed by atoms with van der Waals surface area (Å²) in [4.78, 5) is 6.49. The second kappa shape index (κ2) is 3.18. The number of nitrogens with two attached hydrogens (primary N) is 1.